The van der Waals surface area contributed by atoms with Crippen molar-refractivity contribution in [1.82, 2.24) is 0 Å². The second kappa shape index (κ2) is 10.5. The van der Waals surface area contributed by atoms with Crippen LogP contribution in [0.25, 0.3) is 5.57 Å². The van der Waals surface area contributed by atoms with Gasteiger partial charge in [-0.05, 0) is 0 Å². The maximum Gasteiger partial charge on any atom is -1.00 e. The Morgan fingerprint density at radius 3 is 2.16 bits per heavy atom. The zero-order valence-electron chi connectivity index (χ0n) is 19.0. The van der Waals surface area contributed by atoms with Gasteiger partial charge >= 0.3 is 183 Å². The summed E-state index contributed by atoms with van der Waals surface area (Å²) in [4.78, 5) is 0. The van der Waals surface area contributed by atoms with Crippen molar-refractivity contribution in [3.8, 4) is 0 Å². The molecule has 0 amide bonds. The first-order valence-corrected chi connectivity index (χ1v) is 19.3. The molecule has 0 nitrogen and oxygen atoms in total. The maximum absolute atomic E-state index is 14.0. The molecule has 162 valence electrons. The third kappa shape index (κ3) is 4.67. The van der Waals surface area contributed by atoms with Crippen molar-refractivity contribution in [2.75, 3.05) is 0 Å². The van der Waals surface area contributed by atoms with Crippen LogP contribution < -0.4 is 24.8 Å². The molecule has 0 heterocycles. The quantitative estimate of drug-likeness (QED) is 0.508. The van der Waals surface area contributed by atoms with Crippen molar-refractivity contribution in [3.05, 3.63) is 97.1 Å². The van der Waals surface area contributed by atoms with Crippen LogP contribution in [0.2, 0.25) is 13.1 Å². The Bertz CT molecular complexity index is 1140. The number of fused-ring (bicyclic) bond motifs is 1. The molecule has 0 spiro atoms. The Hall–Kier alpha value is -0.730. The largest absolute Gasteiger partial charge is 1.00 e. The van der Waals surface area contributed by atoms with Crippen LogP contribution in [0.15, 0.2) is 74.6 Å². The van der Waals surface area contributed by atoms with Crippen LogP contribution in [0.4, 0.5) is 4.39 Å². The van der Waals surface area contributed by atoms with E-state index >= 15 is 0 Å². The molecule has 0 aliphatic heterocycles. The standard InChI is InChI=1S/C15H10F.C9H13.C2H6Si.2ClH.Zr/c16-13-6-3-5-12(10-13)15-9-8-11-4-1-2-7-14(11)15;1-6-5-7(2)9(4)8(6)3;1-3-2;;;/h1-10H;6H,1-4H3;1-2H3;2*1H;/q;;;;;+2/p-2. The average Bonchev–Trinajstić information content (AvgIpc) is 3.16. The van der Waals surface area contributed by atoms with Gasteiger partial charge in [-0.2, -0.15) is 0 Å². The SMILES string of the molecule is CC1=C(C)C(C)[C]([Zr+2]([CH]2C=C(c3cccc(F)c3)c3ccccc32)=[Si](C)C)=C1C.[Cl-].[Cl-]. The Morgan fingerprint density at radius 1 is 0.903 bits per heavy atom. The Kier molecular flexibility index (Phi) is 8.96. The van der Waals surface area contributed by atoms with Gasteiger partial charge in [0.25, 0.3) is 0 Å². The topological polar surface area (TPSA) is 0 Å². The van der Waals surface area contributed by atoms with Crippen LogP contribution in [-0.4, -0.2) is 5.43 Å². The van der Waals surface area contributed by atoms with Crippen LogP contribution in [0, 0.1) is 11.7 Å². The maximum atomic E-state index is 14.0. The van der Waals surface area contributed by atoms with Crippen molar-refractivity contribution >= 4 is 11.0 Å². The zero-order chi connectivity index (χ0) is 20.9. The van der Waals surface area contributed by atoms with Gasteiger partial charge in [-0.1, -0.05) is 0 Å². The predicted octanol–water partition coefficient (Wildman–Crippen LogP) is 1.45. The van der Waals surface area contributed by atoms with Gasteiger partial charge in [-0.15, -0.1) is 0 Å². The minimum Gasteiger partial charge on any atom is -1.00 e. The first-order chi connectivity index (χ1) is 13.8. The summed E-state index contributed by atoms with van der Waals surface area (Å²) in [5, 5.41) is 0. The Morgan fingerprint density at radius 2 is 1.58 bits per heavy atom. The van der Waals surface area contributed by atoms with E-state index in [9.17, 15) is 4.39 Å². The summed E-state index contributed by atoms with van der Waals surface area (Å²) in [6.45, 7) is 14.5. The fourth-order valence-electron chi connectivity index (χ4n) is 5.05. The minimum absolute atomic E-state index is 0. The van der Waals surface area contributed by atoms with E-state index in [2.05, 4.69) is 77.2 Å². The molecule has 4 rings (SSSR count). The molecule has 0 saturated heterocycles. The minimum atomic E-state index is -1.99. The van der Waals surface area contributed by atoms with E-state index in [0.29, 0.717) is 9.54 Å². The first kappa shape index (κ1) is 26.5. The van der Waals surface area contributed by atoms with Gasteiger partial charge in [0, 0.05) is 0 Å². The molecular formula is C26H29Cl2FSiZr. The van der Waals surface area contributed by atoms with E-state index in [1.54, 1.807) is 17.2 Å². The molecule has 0 aromatic heterocycles. The molecule has 2 aliphatic carbocycles. The van der Waals surface area contributed by atoms with E-state index in [1.165, 1.54) is 28.3 Å². The number of allylic oxidation sites excluding steroid dienone is 5. The van der Waals surface area contributed by atoms with Crippen molar-refractivity contribution in [2.24, 2.45) is 5.92 Å². The smallest absolute Gasteiger partial charge is 1.00 e. The second-order valence-corrected chi connectivity index (χ2v) is 26.1. The molecule has 0 radical (unpaired) electrons. The molecule has 0 saturated carbocycles. The molecular weight excluding hydrogens is 522 g/mol. The number of hydrogen-bond acceptors (Lipinski definition) is 0. The van der Waals surface area contributed by atoms with E-state index in [1.807, 2.05) is 9.35 Å². The fraction of sp³-hybridized carbons (Fsp3) is 0.308. The van der Waals surface area contributed by atoms with E-state index in [4.69, 9.17) is 0 Å². The summed E-state index contributed by atoms with van der Waals surface area (Å²) < 4.78 is 16.4. The van der Waals surface area contributed by atoms with Gasteiger partial charge in [0.2, 0.25) is 0 Å². The third-order valence-corrected chi connectivity index (χ3v) is 25.4. The monoisotopic (exact) mass is 548 g/mol. The molecule has 0 N–H and O–H groups in total. The van der Waals surface area contributed by atoms with Crippen LogP contribution in [-0.2, 0) is 20.4 Å². The van der Waals surface area contributed by atoms with Gasteiger partial charge in [0.05, 0.1) is 0 Å². The van der Waals surface area contributed by atoms with Gasteiger partial charge in [-0.3, -0.25) is 0 Å². The molecule has 2 aromatic rings. The first-order valence-electron chi connectivity index (χ1n) is 10.4. The van der Waals surface area contributed by atoms with Gasteiger partial charge in [0.15, 0.2) is 0 Å². The number of hydrogen-bond donors (Lipinski definition) is 0. The molecule has 2 unspecified atom stereocenters. The van der Waals surface area contributed by atoms with Crippen LogP contribution in [0.5, 0.6) is 0 Å². The fourth-order valence-corrected chi connectivity index (χ4v) is 24.7. The summed E-state index contributed by atoms with van der Waals surface area (Å²) >= 11 is -1.99. The average molecular weight is 551 g/mol. The van der Waals surface area contributed by atoms with Gasteiger partial charge in [0.1, 0.15) is 0 Å². The molecule has 5 heteroatoms. The van der Waals surface area contributed by atoms with Crippen molar-refractivity contribution in [3.63, 3.8) is 0 Å². The second-order valence-electron chi connectivity index (χ2n) is 8.64. The predicted molar refractivity (Wildman–Crippen MR) is 120 cm³/mol. The Balaban J connectivity index is 0.00000171. The Labute approximate surface area is 206 Å². The summed E-state index contributed by atoms with van der Waals surface area (Å²) in [5.41, 5.74) is 9.31. The summed E-state index contributed by atoms with van der Waals surface area (Å²) in [5.74, 6) is 0.445. The molecule has 0 bridgehead atoms. The van der Waals surface area contributed by atoms with Crippen LogP contribution in [0.3, 0.4) is 0 Å². The van der Waals surface area contributed by atoms with Crippen molar-refractivity contribution < 1.29 is 49.6 Å². The van der Waals surface area contributed by atoms with E-state index in [0.717, 1.165) is 5.56 Å². The molecule has 31 heavy (non-hydrogen) atoms. The van der Waals surface area contributed by atoms with E-state index in [-0.39, 0.29) is 30.6 Å². The number of halogens is 3. The van der Waals surface area contributed by atoms with Crippen molar-refractivity contribution in [1.29, 1.82) is 0 Å². The van der Waals surface area contributed by atoms with E-state index < -0.39 is 25.8 Å². The number of benzene rings is 2. The van der Waals surface area contributed by atoms with Gasteiger partial charge in [-0.25, -0.2) is 0 Å². The van der Waals surface area contributed by atoms with Crippen molar-refractivity contribution in [2.45, 2.75) is 44.4 Å². The van der Waals surface area contributed by atoms with Crippen LogP contribution in [0.1, 0.15) is 48.0 Å². The van der Waals surface area contributed by atoms with Gasteiger partial charge < -0.3 is 24.8 Å². The summed E-state index contributed by atoms with van der Waals surface area (Å²) in [6, 6.07) is 16.0. The van der Waals surface area contributed by atoms with Crippen LogP contribution >= 0.6 is 0 Å². The third-order valence-electron chi connectivity index (χ3n) is 6.84. The normalized spacial score (nSPS) is 19.2. The molecule has 2 aliphatic rings. The zero-order valence-corrected chi connectivity index (χ0v) is 24.0. The molecule has 0 fully saturated rings. The number of rotatable bonds is 3. The summed E-state index contributed by atoms with van der Waals surface area (Å²) in [7, 11) is 0. The summed E-state index contributed by atoms with van der Waals surface area (Å²) in [6.07, 6.45) is 2.52. The molecule has 2 aromatic carbocycles. The molecule has 2 atom stereocenters.